The average molecular weight is 244 g/mol. The number of carbonyl (C=O) groups excluding carboxylic acids is 1. The van der Waals surface area contributed by atoms with Crippen LogP contribution in [0, 0.1) is 11.8 Å². The van der Waals surface area contributed by atoms with E-state index < -0.39 is 0 Å². The van der Waals surface area contributed by atoms with Gasteiger partial charge in [0, 0.05) is 11.8 Å². The molecule has 0 N–H and O–H groups in total. The number of hydrogen-bond acceptors (Lipinski definition) is 1. The number of benzene rings is 1. The van der Waals surface area contributed by atoms with Crippen LogP contribution in [0.3, 0.4) is 0 Å². The van der Waals surface area contributed by atoms with Crippen LogP contribution >= 0.6 is 0 Å². The van der Waals surface area contributed by atoms with Gasteiger partial charge in [-0.1, -0.05) is 57.0 Å². The van der Waals surface area contributed by atoms with E-state index in [1.54, 1.807) is 0 Å². The largest absolute Gasteiger partial charge is 0.299 e. The maximum Gasteiger partial charge on any atom is 0.139 e. The Balaban J connectivity index is 1.92. The lowest BCUT2D eigenvalue weighted by Gasteiger charge is -2.13. The van der Waals surface area contributed by atoms with E-state index in [2.05, 4.69) is 38.1 Å². The van der Waals surface area contributed by atoms with Crippen LogP contribution in [0.1, 0.15) is 57.4 Å². The number of rotatable bonds is 7. The van der Waals surface area contributed by atoms with Gasteiger partial charge in [0.15, 0.2) is 0 Å². The Hall–Kier alpha value is -1.11. The summed E-state index contributed by atoms with van der Waals surface area (Å²) < 4.78 is 0. The highest BCUT2D eigenvalue weighted by molar-refractivity contribution is 5.87. The third-order valence-electron chi connectivity index (χ3n) is 4.18. The van der Waals surface area contributed by atoms with Crippen LogP contribution in [0.5, 0.6) is 0 Å². The van der Waals surface area contributed by atoms with Crippen molar-refractivity contribution in [2.24, 2.45) is 11.8 Å². The summed E-state index contributed by atoms with van der Waals surface area (Å²) >= 11 is 0. The van der Waals surface area contributed by atoms with Crippen LogP contribution < -0.4 is 0 Å². The van der Waals surface area contributed by atoms with Crippen LogP contribution in [0.2, 0.25) is 0 Å². The Kier molecular flexibility index (Phi) is 4.57. The van der Waals surface area contributed by atoms with E-state index in [1.807, 2.05) is 6.07 Å². The van der Waals surface area contributed by atoms with Gasteiger partial charge >= 0.3 is 0 Å². The summed E-state index contributed by atoms with van der Waals surface area (Å²) in [5.41, 5.74) is 1.35. The summed E-state index contributed by atoms with van der Waals surface area (Å²) in [5.74, 6) is 1.66. The molecule has 1 aliphatic carbocycles. The van der Waals surface area contributed by atoms with Crippen molar-refractivity contribution in [2.45, 2.75) is 51.9 Å². The van der Waals surface area contributed by atoms with E-state index in [0.717, 1.165) is 19.3 Å². The van der Waals surface area contributed by atoms with E-state index in [0.29, 0.717) is 23.5 Å². The fourth-order valence-corrected chi connectivity index (χ4v) is 2.88. The monoisotopic (exact) mass is 244 g/mol. The van der Waals surface area contributed by atoms with Gasteiger partial charge in [0.05, 0.1) is 0 Å². The molecule has 0 aliphatic heterocycles. The Morgan fingerprint density at radius 2 is 2.00 bits per heavy atom. The smallest absolute Gasteiger partial charge is 0.139 e. The molecule has 1 nitrogen and oxygen atoms in total. The summed E-state index contributed by atoms with van der Waals surface area (Å²) in [6.07, 6.45) is 5.55. The minimum absolute atomic E-state index is 0.309. The third-order valence-corrected chi connectivity index (χ3v) is 4.18. The molecule has 0 spiro atoms. The second-order valence-electron chi connectivity index (χ2n) is 5.51. The quantitative estimate of drug-likeness (QED) is 0.686. The van der Waals surface area contributed by atoms with Crippen molar-refractivity contribution in [1.82, 2.24) is 0 Å². The molecule has 0 amide bonds. The van der Waals surface area contributed by atoms with Crippen LogP contribution in [0.4, 0.5) is 0 Å². The topological polar surface area (TPSA) is 17.1 Å². The Morgan fingerprint density at radius 3 is 2.61 bits per heavy atom. The van der Waals surface area contributed by atoms with Crippen molar-refractivity contribution in [3.63, 3.8) is 0 Å². The van der Waals surface area contributed by atoms with E-state index >= 15 is 0 Å². The Bertz CT molecular complexity index is 382. The molecule has 1 fully saturated rings. The molecule has 0 bridgehead atoms. The van der Waals surface area contributed by atoms with Gasteiger partial charge in [-0.25, -0.2) is 0 Å². The standard InChI is InChI=1S/C17H24O/c1-3-5-9-13(4-2)17(18)16-12-15(16)14-10-7-6-8-11-14/h6-8,10-11,13,15-16H,3-5,9,12H2,1-2H3. The molecule has 0 aromatic heterocycles. The van der Waals surface area contributed by atoms with Crippen LogP contribution in [-0.2, 0) is 4.79 Å². The lowest BCUT2D eigenvalue weighted by Crippen LogP contribution is -2.16. The molecule has 18 heavy (non-hydrogen) atoms. The van der Waals surface area contributed by atoms with Gasteiger partial charge in [-0.2, -0.15) is 0 Å². The third kappa shape index (κ3) is 3.01. The minimum atomic E-state index is 0.309. The lowest BCUT2D eigenvalue weighted by molar-refractivity contribution is -0.124. The van der Waals surface area contributed by atoms with E-state index in [9.17, 15) is 4.79 Å². The van der Waals surface area contributed by atoms with E-state index in [-0.39, 0.29) is 0 Å². The van der Waals surface area contributed by atoms with Crippen LogP contribution in [0.15, 0.2) is 30.3 Å². The summed E-state index contributed by atoms with van der Waals surface area (Å²) in [4.78, 5) is 12.4. The lowest BCUT2D eigenvalue weighted by atomic mass is 9.91. The number of ketones is 1. The molecule has 1 aromatic carbocycles. The van der Waals surface area contributed by atoms with Gasteiger partial charge in [0.2, 0.25) is 0 Å². The molecule has 3 unspecified atom stereocenters. The SMILES string of the molecule is CCCCC(CC)C(=O)C1CC1c1ccccc1. The highest BCUT2D eigenvalue weighted by atomic mass is 16.1. The summed E-state index contributed by atoms with van der Waals surface area (Å²) in [5, 5.41) is 0. The maximum atomic E-state index is 12.4. The van der Waals surface area contributed by atoms with Crippen molar-refractivity contribution in [1.29, 1.82) is 0 Å². The zero-order valence-electron chi connectivity index (χ0n) is 11.6. The summed E-state index contributed by atoms with van der Waals surface area (Å²) in [6, 6.07) is 10.5. The molecule has 1 heteroatoms. The molecule has 2 rings (SSSR count). The molecular formula is C17H24O. The molecular weight excluding hydrogens is 220 g/mol. The first-order valence-corrected chi connectivity index (χ1v) is 7.36. The maximum absolute atomic E-state index is 12.4. The van der Waals surface area contributed by atoms with Gasteiger partial charge in [0.1, 0.15) is 5.78 Å². The first-order valence-electron chi connectivity index (χ1n) is 7.36. The van der Waals surface area contributed by atoms with Gasteiger partial charge < -0.3 is 0 Å². The minimum Gasteiger partial charge on any atom is -0.299 e. The first-order chi connectivity index (χ1) is 8.77. The molecule has 1 saturated carbocycles. The highest BCUT2D eigenvalue weighted by Gasteiger charge is 2.45. The number of carbonyl (C=O) groups is 1. The number of hydrogen-bond donors (Lipinski definition) is 0. The predicted molar refractivity (Wildman–Crippen MR) is 75.6 cm³/mol. The van der Waals surface area contributed by atoms with E-state index in [4.69, 9.17) is 0 Å². The van der Waals surface area contributed by atoms with E-state index in [1.165, 1.54) is 18.4 Å². The second-order valence-corrected chi connectivity index (χ2v) is 5.51. The molecule has 3 atom stereocenters. The molecule has 98 valence electrons. The predicted octanol–water partition coefficient (Wildman–Crippen LogP) is 4.58. The Labute approximate surface area is 111 Å². The van der Waals surface area contributed by atoms with Crippen molar-refractivity contribution in [3.05, 3.63) is 35.9 Å². The fraction of sp³-hybridized carbons (Fsp3) is 0.588. The van der Waals surface area contributed by atoms with Gasteiger partial charge in [-0.05, 0) is 30.7 Å². The van der Waals surface area contributed by atoms with Crippen molar-refractivity contribution >= 4 is 5.78 Å². The molecule has 1 aliphatic rings. The van der Waals surface area contributed by atoms with Gasteiger partial charge in [-0.15, -0.1) is 0 Å². The zero-order valence-corrected chi connectivity index (χ0v) is 11.6. The summed E-state index contributed by atoms with van der Waals surface area (Å²) in [6.45, 7) is 4.35. The van der Waals surface area contributed by atoms with Crippen LogP contribution in [-0.4, -0.2) is 5.78 Å². The molecule has 1 aromatic rings. The number of Topliss-reactive ketones (excluding diaryl/α,β-unsaturated/α-hetero) is 1. The van der Waals surface area contributed by atoms with Crippen molar-refractivity contribution < 1.29 is 4.79 Å². The van der Waals surface area contributed by atoms with Crippen molar-refractivity contribution in [2.75, 3.05) is 0 Å². The molecule has 0 heterocycles. The second kappa shape index (κ2) is 6.17. The number of unbranched alkanes of at least 4 members (excludes halogenated alkanes) is 1. The molecule has 0 saturated heterocycles. The van der Waals surface area contributed by atoms with Crippen molar-refractivity contribution in [3.8, 4) is 0 Å². The van der Waals surface area contributed by atoms with Gasteiger partial charge in [0.25, 0.3) is 0 Å². The molecule has 0 radical (unpaired) electrons. The first kappa shape index (κ1) is 13.3. The zero-order chi connectivity index (χ0) is 13.0. The highest BCUT2D eigenvalue weighted by Crippen LogP contribution is 2.49. The average Bonchev–Trinajstić information content (AvgIpc) is 3.20. The van der Waals surface area contributed by atoms with Gasteiger partial charge in [-0.3, -0.25) is 4.79 Å². The van der Waals surface area contributed by atoms with Crippen LogP contribution in [0.25, 0.3) is 0 Å². The summed E-state index contributed by atoms with van der Waals surface area (Å²) in [7, 11) is 0. The Morgan fingerprint density at radius 1 is 1.28 bits per heavy atom. The normalized spacial score (nSPS) is 23.7. The fourth-order valence-electron chi connectivity index (χ4n) is 2.88.